The van der Waals surface area contributed by atoms with E-state index < -0.39 is 0 Å². The molecule has 0 amide bonds. The number of nitrogens with zero attached hydrogens (tertiary/aromatic N) is 4. The average Bonchev–Trinajstić information content (AvgIpc) is 2.96. The summed E-state index contributed by atoms with van der Waals surface area (Å²) in [5.74, 6) is 0. The van der Waals surface area contributed by atoms with Crippen molar-refractivity contribution in [2.45, 2.75) is 6.54 Å². The zero-order chi connectivity index (χ0) is 15.9. The molecule has 6 heteroatoms. The van der Waals surface area contributed by atoms with E-state index in [9.17, 15) is 0 Å². The van der Waals surface area contributed by atoms with E-state index in [-0.39, 0.29) is 0 Å². The number of benzene rings is 1. The minimum absolute atomic E-state index is 0.737. The van der Waals surface area contributed by atoms with Crippen molar-refractivity contribution < 1.29 is 0 Å². The minimum Gasteiger partial charge on any atom is -0.361 e. The lowest BCUT2D eigenvalue weighted by Gasteiger charge is -2.21. The highest BCUT2D eigenvalue weighted by molar-refractivity contribution is 7.80. The molecule has 0 spiro atoms. The number of hydrogen-bond acceptors (Lipinski definition) is 3. The second-order valence-corrected chi connectivity index (χ2v) is 5.91. The first kappa shape index (κ1) is 16.5. The zero-order valence-corrected chi connectivity index (χ0v) is 14.2. The van der Waals surface area contributed by atoms with Crippen LogP contribution in [0.15, 0.2) is 42.7 Å². The highest BCUT2D eigenvalue weighted by atomic mass is 32.1. The van der Waals surface area contributed by atoms with Gasteiger partial charge in [-0.3, -0.25) is 0 Å². The molecule has 0 aliphatic rings. The van der Waals surface area contributed by atoms with Crippen molar-refractivity contribution in [3.63, 3.8) is 0 Å². The van der Waals surface area contributed by atoms with Gasteiger partial charge in [0.15, 0.2) is 5.11 Å². The number of aromatic nitrogens is 2. The average molecular weight is 317 g/mol. The fourth-order valence-corrected chi connectivity index (χ4v) is 2.20. The number of thiocarbonyl (C=S) groups is 1. The SMILES string of the molecule is CN(C)CCNC(=S)N(C)Cc1cnn(-c2ccccc2)c1. The molecule has 22 heavy (non-hydrogen) atoms. The highest BCUT2D eigenvalue weighted by Crippen LogP contribution is 2.09. The molecule has 0 saturated carbocycles. The van der Waals surface area contributed by atoms with E-state index in [1.54, 1.807) is 0 Å². The van der Waals surface area contributed by atoms with Crippen molar-refractivity contribution in [3.05, 3.63) is 48.3 Å². The van der Waals surface area contributed by atoms with Crippen molar-refractivity contribution in [1.29, 1.82) is 0 Å². The van der Waals surface area contributed by atoms with Crippen LogP contribution in [0.3, 0.4) is 0 Å². The normalized spacial score (nSPS) is 10.7. The van der Waals surface area contributed by atoms with Crippen LogP contribution in [-0.4, -0.2) is 58.9 Å². The molecule has 0 atom stereocenters. The summed E-state index contributed by atoms with van der Waals surface area (Å²) in [7, 11) is 6.09. The molecule has 1 heterocycles. The first-order valence-electron chi connectivity index (χ1n) is 7.29. The molecule has 0 bridgehead atoms. The largest absolute Gasteiger partial charge is 0.361 e. The van der Waals surface area contributed by atoms with Gasteiger partial charge in [0.05, 0.1) is 11.9 Å². The molecule has 0 saturated heterocycles. The second kappa shape index (κ2) is 7.91. The van der Waals surface area contributed by atoms with Gasteiger partial charge in [0.25, 0.3) is 0 Å². The van der Waals surface area contributed by atoms with E-state index in [0.717, 1.165) is 36.0 Å². The summed E-state index contributed by atoms with van der Waals surface area (Å²) < 4.78 is 1.88. The van der Waals surface area contributed by atoms with E-state index in [0.29, 0.717) is 0 Å². The second-order valence-electron chi connectivity index (χ2n) is 5.52. The fraction of sp³-hybridized carbons (Fsp3) is 0.375. The summed E-state index contributed by atoms with van der Waals surface area (Å²) in [6.07, 6.45) is 3.92. The molecular formula is C16H23N5S. The van der Waals surface area contributed by atoms with Crippen LogP contribution in [0.5, 0.6) is 0 Å². The Labute approximate surface area is 137 Å². The molecule has 0 radical (unpaired) electrons. The minimum atomic E-state index is 0.737. The first-order chi connectivity index (χ1) is 10.6. The summed E-state index contributed by atoms with van der Waals surface area (Å²) in [6.45, 7) is 2.54. The van der Waals surface area contributed by atoms with E-state index in [1.165, 1.54) is 0 Å². The molecule has 1 N–H and O–H groups in total. The van der Waals surface area contributed by atoms with Gasteiger partial charge in [-0.1, -0.05) is 18.2 Å². The van der Waals surface area contributed by atoms with Crippen LogP contribution in [0.1, 0.15) is 5.56 Å². The Hall–Kier alpha value is -1.92. The molecule has 0 unspecified atom stereocenters. The third-order valence-electron chi connectivity index (χ3n) is 3.26. The summed E-state index contributed by atoms with van der Waals surface area (Å²) in [5.41, 5.74) is 2.19. The number of likely N-dealkylation sites (N-methyl/N-ethyl adjacent to an activating group) is 1. The van der Waals surface area contributed by atoms with Gasteiger partial charge in [0, 0.05) is 38.4 Å². The van der Waals surface area contributed by atoms with Crippen molar-refractivity contribution >= 4 is 17.3 Å². The van der Waals surface area contributed by atoms with Crippen LogP contribution in [0, 0.1) is 0 Å². The van der Waals surface area contributed by atoms with Gasteiger partial charge in [-0.25, -0.2) is 4.68 Å². The van der Waals surface area contributed by atoms with Crippen LogP contribution in [0.2, 0.25) is 0 Å². The highest BCUT2D eigenvalue weighted by Gasteiger charge is 2.07. The lowest BCUT2D eigenvalue weighted by Crippen LogP contribution is -2.39. The van der Waals surface area contributed by atoms with Crippen molar-refractivity contribution in [2.75, 3.05) is 34.2 Å². The molecule has 5 nitrogen and oxygen atoms in total. The first-order valence-corrected chi connectivity index (χ1v) is 7.70. The molecule has 1 aromatic heterocycles. The van der Waals surface area contributed by atoms with Crippen molar-refractivity contribution in [1.82, 2.24) is 24.9 Å². The maximum atomic E-state index is 5.40. The van der Waals surface area contributed by atoms with Crippen LogP contribution in [0.4, 0.5) is 0 Å². The Morgan fingerprint density at radius 3 is 2.64 bits per heavy atom. The Morgan fingerprint density at radius 1 is 1.23 bits per heavy atom. The predicted octanol–water partition coefficient (Wildman–Crippen LogP) is 1.74. The van der Waals surface area contributed by atoms with Gasteiger partial charge >= 0.3 is 0 Å². The van der Waals surface area contributed by atoms with Crippen LogP contribution >= 0.6 is 12.2 Å². The van der Waals surface area contributed by atoms with Gasteiger partial charge in [-0.05, 0) is 38.4 Å². The van der Waals surface area contributed by atoms with Crippen molar-refractivity contribution in [3.8, 4) is 5.69 Å². The number of rotatable bonds is 6. The third kappa shape index (κ3) is 4.82. The summed E-state index contributed by atoms with van der Waals surface area (Å²) in [5, 5.41) is 8.42. The molecule has 1 aromatic carbocycles. The summed E-state index contributed by atoms with van der Waals surface area (Å²) in [6, 6.07) is 10.1. The smallest absolute Gasteiger partial charge is 0.169 e. The summed E-state index contributed by atoms with van der Waals surface area (Å²) in [4.78, 5) is 4.15. The molecule has 2 rings (SSSR count). The van der Waals surface area contributed by atoms with E-state index in [4.69, 9.17) is 12.2 Å². The van der Waals surface area contributed by atoms with E-state index in [2.05, 4.69) is 15.3 Å². The standard InChI is InChI=1S/C16H23N5S/c1-19(2)10-9-17-16(22)20(3)12-14-11-18-21(13-14)15-7-5-4-6-8-15/h4-8,11,13H,9-10,12H2,1-3H3,(H,17,22). The fourth-order valence-electron chi connectivity index (χ4n) is 2.03. The monoisotopic (exact) mass is 317 g/mol. The number of para-hydroxylation sites is 1. The maximum Gasteiger partial charge on any atom is 0.169 e. The third-order valence-corrected chi connectivity index (χ3v) is 3.71. The topological polar surface area (TPSA) is 36.3 Å². The quantitative estimate of drug-likeness (QED) is 0.821. The molecule has 0 fully saturated rings. The van der Waals surface area contributed by atoms with Crippen LogP contribution < -0.4 is 5.32 Å². The molecular weight excluding hydrogens is 294 g/mol. The molecule has 0 aliphatic heterocycles. The lowest BCUT2D eigenvalue weighted by atomic mass is 10.3. The van der Waals surface area contributed by atoms with E-state index >= 15 is 0 Å². The van der Waals surface area contributed by atoms with Crippen LogP contribution in [0.25, 0.3) is 5.69 Å². The number of nitrogens with one attached hydrogen (secondary N) is 1. The van der Waals surface area contributed by atoms with Gasteiger partial charge < -0.3 is 15.1 Å². The Bertz CT molecular complexity index is 594. The van der Waals surface area contributed by atoms with Gasteiger partial charge in [-0.15, -0.1) is 0 Å². The Morgan fingerprint density at radius 2 is 1.95 bits per heavy atom. The molecule has 2 aromatic rings. The molecule has 118 valence electrons. The lowest BCUT2D eigenvalue weighted by molar-refractivity contribution is 0.406. The van der Waals surface area contributed by atoms with E-state index in [1.807, 2.05) is 73.5 Å². The molecule has 0 aliphatic carbocycles. The van der Waals surface area contributed by atoms with Crippen LogP contribution in [-0.2, 0) is 6.54 Å². The maximum absolute atomic E-state index is 5.40. The van der Waals surface area contributed by atoms with Gasteiger partial charge in [0.1, 0.15) is 0 Å². The zero-order valence-electron chi connectivity index (χ0n) is 13.4. The Balaban J connectivity index is 1.88. The van der Waals surface area contributed by atoms with Gasteiger partial charge in [-0.2, -0.15) is 5.10 Å². The predicted molar refractivity (Wildman–Crippen MR) is 94.2 cm³/mol. The number of hydrogen-bond donors (Lipinski definition) is 1. The summed E-state index contributed by atoms with van der Waals surface area (Å²) >= 11 is 5.40. The van der Waals surface area contributed by atoms with Crippen molar-refractivity contribution in [2.24, 2.45) is 0 Å². The Kier molecular flexibility index (Phi) is 5.91. The van der Waals surface area contributed by atoms with Gasteiger partial charge in [0.2, 0.25) is 0 Å².